The maximum Gasteiger partial charge on any atom is 0.337 e. The van der Waals surface area contributed by atoms with E-state index in [1.165, 1.54) is 6.42 Å². The molecule has 1 aromatic rings. The Morgan fingerprint density at radius 1 is 1.33 bits per heavy atom. The number of carbonyl (C=O) groups is 1. The van der Waals surface area contributed by atoms with E-state index in [9.17, 15) is 9.90 Å². The highest BCUT2D eigenvalue weighted by Gasteiger charge is 2.25. The molecule has 1 aliphatic heterocycles. The summed E-state index contributed by atoms with van der Waals surface area (Å²) in [5, 5.41) is 9.31. The summed E-state index contributed by atoms with van der Waals surface area (Å²) < 4.78 is 0.807. The zero-order valence-electron chi connectivity index (χ0n) is 10.7. The van der Waals surface area contributed by atoms with Crippen LogP contribution in [0.5, 0.6) is 0 Å². The lowest BCUT2D eigenvalue weighted by Crippen LogP contribution is -2.39. The molecule has 1 N–H and O–H groups in total. The Hall–Kier alpha value is -1.03. The number of hydrogen-bond acceptors (Lipinski definition) is 2. The zero-order valence-corrected chi connectivity index (χ0v) is 12.3. The van der Waals surface area contributed by atoms with Gasteiger partial charge in [-0.3, -0.25) is 0 Å². The second kappa shape index (κ2) is 5.31. The highest BCUT2D eigenvalue weighted by atomic mass is 79.9. The van der Waals surface area contributed by atoms with Crippen molar-refractivity contribution in [3.63, 3.8) is 0 Å². The predicted octanol–water partition coefficient (Wildman–Crippen LogP) is 3.63. The van der Waals surface area contributed by atoms with Gasteiger partial charge in [-0.2, -0.15) is 0 Å². The van der Waals surface area contributed by atoms with E-state index in [4.69, 9.17) is 0 Å². The third-order valence-electron chi connectivity index (χ3n) is 3.40. The molecule has 98 valence electrons. The summed E-state index contributed by atoms with van der Waals surface area (Å²) in [6.45, 7) is 6.32. The highest BCUT2D eigenvalue weighted by Crippen LogP contribution is 2.30. The Bertz CT molecular complexity index is 451. The molecule has 2 atom stereocenters. The van der Waals surface area contributed by atoms with Crippen LogP contribution in [0.1, 0.15) is 30.6 Å². The summed E-state index contributed by atoms with van der Waals surface area (Å²) >= 11 is 3.33. The van der Waals surface area contributed by atoms with Gasteiger partial charge in [0.25, 0.3) is 0 Å². The molecule has 0 radical (unpaired) electrons. The van der Waals surface area contributed by atoms with Gasteiger partial charge in [0.05, 0.1) is 11.3 Å². The smallest absolute Gasteiger partial charge is 0.337 e. The fraction of sp³-hybridized carbons (Fsp3) is 0.500. The van der Waals surface area contributed by atoms with Gasteiger partial charge in [-0.15, -0.1) is 0 Å². The molecule has 0 bridgehead atoms. The van der Waals surface area contributed by atoms with E-state index in [1.54, 1.807) is 6.07 Å². The molecule has 1 aromatic carbocycles. The van der Waals surface area contributed by atoms with Crippen molar-refractivity contribution in [3.05, 3.63) is 28.2 Å². The summed E-state index contributed by atoms with van der Waals surface area (Å²) in [4.78, 5) is 13.5. The summed E-state index contributed by atoms with van der Waals surface area (Å²) in [6.07, 6.45) is 1.22. The molecule has 2 rings (SSSR count). The van der Waals surface area contributed by atoms with Crippen LogP contribution in [0.25, 0.3) is 0 Å². The number of carboxylic acid groups (broad SMARTS) is 1. The lowest BCUT2D eigenvalue weighted by Gasteiger charge is -2.37. The van der Waals surface area contributed by atoms with Crippen molar-refractivity contribution in [2.75, 3.05) is 18.0 Å². The van der Waals surface area contributed by atoms with Gasteiger partial charge >= 0.3 is 5.97 Å². The van der Waals surface area contributed by atoms with E-state index in [0.717, 1.165) is 23.2 Å². The molecule has 0 aliphatic carbocycles. The van der Waals surface area contributed by atoms with Crippen molar-refractivity contribution >= 4 is 27.6 Å². The van der Waals surface area contributed by atoms with Crippen molar-refractivity contribution < 1.29 is 9.90 Å². The molecular formula is C14H18BrNO2. The number of piperidine rings is 1. The Kier molecular flexibility index (Phi) is 3.95. The van der Waals surface area contributed by atoms with Crippen LogP contribution in [-0.2, 0) is 0 Å². The monoisotopic (exact) mass is 311 g/mol. The SMILES string of the molecule is CC1CC(C)CN(c2ccc(Br)cc2C(=O)O)C1. The molecule has 0 amide bonds. The maximum absolute atomic E-state index is 11.3. The quantitative estimate of drug-likeness (QED) is 0.906. The third-order valence-corrected chi connectivity index (χ3v) is 3.89. The lowest BCUT2D eigenvalue weighted by molar-refractivity contribution is 0.0697. The molecular weight excluding hydrogens is 294 g/mol. The number of halogens is 1. The van der Waals surface area contributed by atoms with Crippen LogP contribution in [0.2, 0.25) is 0 Å². The van der Waals surface area contributed by atoms with Gasteiger partial charge in [-0.05, 0) is 36.5 Å². The van der Waals surface area contributed by atoms with Gasteiger partial charge in [0.1, 0.15) is 0 Å². The number of rotatable bonds is 2. The zero-order chi connectivity index (χ0) is 13.3. The average Bonchev–Trinajstić information content (AvgIpc) is 2.27. The van der Waals surface area contributed by atoms with Crippen molar-refractivity contribution in [2.24, 2.45) is 11.8 Å². The highest BCUT2D eigenvalue weighted by molar-refractivity contribution is 9.10. The van der Waals surface area contributed by atoms with Crippen LogP contribution in [0.4, 0.5) is 5.69 Å². The minimum atomic E-state index is -0.864. The van der Waals surface area contributed by atoms with Gasteiger partial charge < -0.3 is 10.0 Å². The molecule has 0 saturated carbocycles. The number of aromatic carboxylic acids is 1. The van der Waals surface area contributed by atoms with Crippen molar-refractivity contribution in [3.8, 4) is 0 Å². The van der Waals surface area contributed by atoms with Crippen molar-refractivity contribution in [2.45, 2.75) is 20.3 Å². The van der Waals surface area contributed by atoms with Crippen LogP contribution < -0.4 is 4.90 Å². The average molecular weight is 312 g/mol. The molecule has 2 unspecified atom stereocenters. The molecule has 0 aromatic heterocycles. The summed E-state index contributed by atoms with van der Waals surface area (Å²) in [6, 6.07) is 5.49. The van der Waals surface area contributed by atoms with E-state index in [2.05, 4.69) is 34.7 Å². The van der Waals surface area contributed by atoms with Crippen molar-refractivity contribution in [1.82, 2.24) is 0 Å². The van der Waals surface area contributed by atoms with Crippen LogP contribution in [-0.4, -0.2) is 24.2 Å². The molecule has 18 heavy (non-hydrogen) atoms. The largest absolute Gasteiger partial charge is 0.478 e. The number of nitrogens with zero attached hydrogens (tertiary/aromatic N) is 1. The Balaban J connectivity index is 2.35. The van der Waals surface area contributed by atoms with Crippen LogP contribution in [0, 0.1) is 11.8 Å². The molecule has 1 fully saturated rings. The van der Waals surface area contributed by atoms with Gasteiger partial charge in [0, 0.05) is 17.6 Å². The fourth-order valence-electron chi connectivity index (χ4n) is 2.81. The summed E-state index contributed by atoms with van der Waals surface area (Å²) in [7, 11) is 0. The summed E-state index contributed by atoms with van der Waals surface area (Å²) in [5.74, 6) is 0.357. The number of carboxylic acids is 1. The molecule has 1 aliphatic rings. The van der Waals surface area contributed by atoms with Crippen LogP contribution in [0.3, 0.4) is 0 Å². The van der Waals surface area contributed by atoms with E-state index >= 15 is 0 Å². The van der Waals surface area contributed by atoms with Crippen molar-refractivity contribution in [1.29, 1.82) is 0 Å². The first kappa shape index (κ1) is 13.4. The normalized spacial score (nSPS) is 24.1. The van der Waals surface area contributed by atoms with E-state index in [-0.39, 0.29) is 0 Å². The number of hydrogen-bond donors (Lipinski definition) is 1. The first-order valence-corrected chi connectivity index (χ1v) is 7.04. The first-order valence-electron chi connectivity index (χ1n) is 6.25. The predicted molar refractivity (Wildman–Crippen MR) is 76.3 cm³/mol. The van der Waals surface area contributed by atoms with E-state index in [0.29, 0.717) is 17.4 Å². The Labute approximate surface area is 116 Å². The first-order chi connectivity index (χ1) is 8.47. The second-order valence-corrected chi connectivity index (χ2v) is 6.23. The van der Waals surface area contributed by atoms with E-state index < -0.39 is 5.97 Å². The standard InChI is InChI=1S/C14H18BrNO2/c1-9-5-10(2)8-16(7-9)13-4-3-11(15)6-12(13)14(17)18/h3-4,6,9-10H,5,7-8H2,1-2H3,(H,17,18). The molecule has 3 nitrogen and oxygen atoms in total. The molecule has 0 spiro atoms. The Morgan fingerprint density at radius 3 is 2.50 bits per heavy atom. The second-order valence-electron chi connectivity index (χ2n) is 5.32. The lowest BCUT2D eigenvalue weighted by atomic mass is 9.91. The van der Waals surface area contributed by atoms with Crippen LogP contribution >= 0.6 is 15.9 Å². The molecule has 1 saturated heterocycles. The van der Waals surface area contributed by atoms with Gasteiger partial charge in [-0.1, -0.05) is 29.8 Å². The van der Waals surface area contributed by atoms with E-state index in [1.807, 2.05) is 12.1 Å². The summed E-state index contributed by atoms with van der Waals surface area (Å²) in [5.41, 5.74) is 1.22. The van der Waals surface area contributed by atoms with Gasteiger partial charge in [-0.25, -0.2) is 4.79 Å². The molecule has 4 heteroatoms. The minimum absolute atomic E-state index is 0.380. The number of benzene rings is 1. The topological polar surface area (TPSA) is 40.5 Å². The minimum Gasteiger partial charge on any atom is -0.478 e. The maximum atomic E-state index is 11.3. The Morgan fingerprint density at radius 2 is 1.94 bits per heavy atom. The molecule has 1 heterocycles. The van der Waals surface area contributed by atoms with Gasteiger partial charge in [0.2, 0.25) is 0 Å². The van der Waals surface area contributed by atoms with Gasteiger partial charge in [0.15, 0.2) is 0 Å². The number of anilines is 1. The van der Waals surface area contributed by atoms with Crippen LogP contribution in [0.15, 0.2) is 22.7 Å². The third kappa shape index (κ3) is 2.86. The fourth-order valence-corrected chi connectivity index (χ4v) is 3.18.